The highest BCUT2D eigenvalue weighted by Crippen LogP contribution is 2.33. The first-order chi connectivity index (χ1) is 39.8. The standard InChI is InChI=1S/4C16H32O6/c4*1-15(2,3)8-20-13-10(7-17)22-14(12(19)11(13)18)21-9-16(4,5)6/h4*10-14,17-19H,7-9H2,1-6H3/t10?,11-,12?,13+,14+;10?,11-,12?,13+,14-;10?,11-,12?,13-,14+;10?,11-,12?,13-,14-/m0011/s1. The molecule has 0 saturated carbocycles. The van der Waals surface area contributed by atoms with Gasteiger partial charge in [-0.2, -0.15) is 0 Å². The number of hydrogen-bond acceptors (Lipinski definition) is 24. The topological polar surface area (TPSA) is 354 Å². The summed E-state index contributed by atoms with van der Waals surface area (Å²) in [6.07, 6.45) is -19.5. The van der Waals surface area contributed by atoms with E-state index in [0.29, 0.717) is 52.9 Å². The Kier molecular flexibility index (Phi) is 35.0. The van der Waals surface area contributed by atoms with Gasteiger partial charge in [0, 0.05) is 0 Å². The van der Waals surface area contributed by atoms with Crippen LogP contribution in [0.4, 0.5) is 0 Å². The van der Waals surface area contributed by atoms with Gasteiger partial charge in [0.25, 0.3) is 0 Å². The van der Waals surface area contributed by atoms with E-state index in [4.69, 9.17) is 56.8 Å². The fraction of sp³-hybridized carbons (Fsp3) is 1.00. The summed E-state index contributed by atoms with van der Waals surface area (Å²) in [5.41, 5.74) is -0.752. The molecule has 4 rings (SSSR count). The van der Waals surface area contributed by atoms with Crippen LogP contribution in [0.2, 0.25) is 0 Å². The predicted octanol–water partition coefficient (Wildman–Crippen LogP) is 3.68. The third-order valence-electron chi connectivity index (χ3n) is 12.8. The van der Waals surface area contributed by atoms with Gasteiger partial charge in [0.1, 0.15) is 97.7 Å². The Balaban J connectivity index is 0.000000587. The van der Waals surface area contributed by atoms with E-state index >= 15 is 0 Å². The van der Waals surface area contributed by atoms with E-state index in [1.54, 1.807) is 0 Å². The van der Waals surface area contributed by atoms with E-state index in [1.807, 2.05) is 166 Å². The summed E-state index contributed by atoms with van der Waals surface area (Å²) in [4.78, 5) is 0. The number of rotatable bonds is 20. The van der Waals surface area contributed by atoms with Crippen LogP contribution in [-0.4, -0.2) is 263 Å². The van der Waals surface area contributed by atoms with E-state index in [9.17, 15) is 61.3 Å². The highest BCUT2D eigenvalue weighted by molar-refractivity contribution is 4.94. The van der Waals surface area contributed by atoms with Crippen molar-refractivity contribution in [2.24, 2.45) is 43.3 Å². The molecule has 12 N–H and O–H groups in total. The van der Waals surface area contributed by atoms with Crippen molar-refractivity contribution in [3.8, 4) is 0 Å². The molecule has 24 heteroatoms. The Labute approximate surface area is 528 Å². The fourth-order valence-corrected chi connectivity index (χ4v) is 8.30. The van der Waals surface area contributed by atoms with Gasteiger partial charge < -0.3 is 118 Å². The molecule has 4 saturated heterocycles. The molecule has 24 nitrogen and oxygen atoms in total. The first kappa shape index (κ1) is 85.1. The van der Waals surface area contributed by atoms with Crippen LogP contribution < -0.4 is 0 Å². The zero-order chi connectivity index (χ0) is 68.5. The third-order valence-corrected chi connectivity index (χ3v) is 12.8. The number of hydrogen-bond donors (Lipinski definition) is 12. The van der Waals surface area contributed by atoms with E-state index in [-0.39, 0.29) is 69.7 Å². The van der Waals surface area contributed by atoms with E-state index < -0.39 is 123 Å². The van der Waals surface area contributed by atoms with Crippen molar-refractivity contribution in [2.45, 2.75) is 289 Å². The summed E-state index contributed by atoms with van der Waals surface area (Å²) >= 11 is 0. The third kappa shape index (κ3) is 32.9. The molecule has 0 aromatic carbocycles. The van der Waals surface area contributed by atoms with Crippen LogP contribution >= 0.6 is 0 Å². The van der Waals surface area contributed by atoms with Crippen molar-refractivity contribution in [3.63, 3.8) is 0 Å². The lowest BCUT2D eigenvalue weighted by Gasteiger charge is -2.43. The fourth-order valence-electron chi connectivity index (χ4n) is 8.30. The molecule has 4 aliphatic heterocycles. The second kappa shape index (κ2) is 36.2. The Morgan fingerprint density at radius 1 is 0.216 bits per heavy atom. The Bertz CT molecular complexity index is 1590. The van der Waals surface area contributed by atoms with Crippen LogP contribution in [0, 0.1) is 43.3 Å². The van der Waals surface area contributed by atoms with Gasteiger partial charge in [-0.15, -0.1) is 0 Å². The quantitative estimate of drug-likeness (QED) is 0.0827. The molecule has 8 unspecified atom stereocenters. The molecular weight excluding hydrogens is 1150 g/mol. The highest BCUT2D eigenvalue weighted by Gasteiger charge is 2.50. The van der Waals surface area contributed by atoms with Crippen molar-refractivity contribution < 1.29 is 118 Å². The SMILES string of the molecule is CC(C)(C)CO[C@@H]1OC(CO)[C@@H](OCC(C)(C)C)[C@@H](O)C1O.CC(C)(C)CO[C@@H]1OC(CO)[C@@H](OCC(C)(C)C)[C@H](O)C1O.CC(C)(C)CO[C@H]1OC(CO)[C@@H](OCC(C)(C)C)[C@@H](O)C1O.CC(C)(C)CO[C@H]1OC(CO)[C@@H](OCC(C)(C)C)[C@H](O)C1O. The molecule has 0 aliphatic carbocycles. The summed E-state index contributed by atoms with van der Waals surface area (Å²) in [5, 5.41) is 120. The number of ether oxygens (including phenoxy) is 12. The minimum atomic E-state index is -1.21. The first-order valence-corrected chi connectivity index (χ1v) is 31.2. The summed E-state index contributed by atoms with van der Waals surface area (Å²) in [6, 6.07) is 0. The van der Waals surface area contributed by atoms with Gasteiger partial charge in [-0.05, 0) is 43.3 Å². The second-order valence-electron chi connectivity index (χ2n) is 33.7. The van der Waals surface area contributed by atoms with Crippen molar-refractivity contribution >= 4 is 0 Å². The normalized spacial score (nSPS) is 34.0. The smallest absolute Gasteiger partial charge is 0.186 e. The predicted molar refractivity (Wildman–Crippen MR) is 329 cm³/mol. The largest absolute Gasteiger partial charge is 0.394 e. The molecule has 20 atom stereocenters. The van der Waals surface area contributed by atoms with E-state index in [1.165, 1.54) is 0 Å². The van der Waals surface area contributed by atoms with Gasteiger partial charge in [0.05, 0.1) is 79.3 Å². The van der Waals surface area contributed by atoms with Crippen molar-refractivity contribution in [3.05, 3.63) is 0 Å². The molecule has 0 aromatic heterocycles. The maximum Gasteiger partial charge on any atom is 0.186 e. The van der Waals surface area contributed by atoms with Gasteiger partial charge in [0.2, 0.25) is 0 Å². The minimum absolute atomic E-state index is 0.0930. The van der Waals surface area contributed by atoms with Crippen LogP contribution in [-0.2, 0) is 56.8 Å². The van der Waals surface area contributed by atoms with E-state index in [0.717, 1.165) is 0 Å². The van der Waals surface area contributed by atoms with Crippen LogP contribution in [0.5, 0.6) is 0 Å². The molecule has 88 heavy (non-hydrogen) atoms. The highest BCUT2D eigenvalue weighted by atomic mass is 16.7. The van der Waals surface area contributed by atoms with Crippen LogP contribution in [0.15, 0.2) is 0 Å². The average Bonchev–Trinajstić information content (AvgIpc) is 1.85. The summed E-state index contributed by atoms with van der Waals surface area (Å²) < 4.78 is 67.3. The maximum atomic E-state index is 10.3. The summed E-state index contributed by atoms with van der Waals surface area (Å²) in [6.45, 7) is 49.8. The Morgan fingerprint density at radius 3 is 0.455 bits per heavy atom. The summed E-state index contributed by atoms with van der Waals surface area (Å²) in [7, 11) is 0. The minimum Gasteiger partial charge on any atom is -0.394 e. The average molecular weight is 1280 g/mol. The second-order valence-corrected chi connectivity index (χ2v) is 33.7. The molecule has 4 fully saturated rings. The monoisotopic (exact) mass is 1280 g/mol. The van der Waals surface area contributed by atoms with Gasteiger partial charge in [0.15, 0.2) is 25.2 Å². The molecule has 528 valence electrons. The molecule has 0 aromatic rings. The molecule has 4 heterocycles. The lowest BCUT2D eigenvalue weighted by molar-refractivity contribution is -0.313. The van der Waals surface area contributed by atoms with Crippen molar-refractivity contribution in [2.75, 3.05) is 79.3 Å². The zero-order valence-electron chi connectivity index (χ0n) is 58.3. The first-order valence-electron chi connectivity index (χ1n) is 31.2. The molecule has 4 aliphatic rings. The molecule has 0 amide bonds. The Hall–Kier alpha value is -0.960. The zero-order valence-corrected chi connectivity index (χ0v) is 58.3. The van der Waals surface area contributed by atoms with Crippen molar-refractivity contribution in [1.29, 1.82) is 0 Å². The van der Waals surface area contributed by atoms with Crippen molar-refractivity contribution in [1.82, 2.24) is 0 Å². The maximum absolute atomic E-state index is 10.3. The summed E-state index contributed by atoms with van der Waals surface area (Å²) in [5.74, 6) is 0. The van der Waals surface area contributed by atoms with Gasteiger partial charge >= 0.3 is 0 Å². The molecule has 0 spiro atoms. The number of aliphatic hydroxyl groups excluding tert-OH is 12. The van der Waals surface area contributed by atoms with E-state index in [2.05, 4.69) is 0 Å². The lowest BCUT2D eigenvalue weighted by atomic mass is 9.95. The van der Waals surface area contributed by atoms with Crippen LogP contribution in [0.1, 0.15) is 166 Å². The molecule has 0 radical (unpaired) electrons. The van der Waals surface area contributed by atoms with Crippen LogP contribution in [0.25, 0.3) is 0 Å². The van der Waals surface area contributed by atoms with Gasteiger partial charge in [-0.3, -0.25) is 0 Å². The van der Waals surface area contributed by atoms with Crippen LogP contribution in [0.3, 0.4) is 0 Å². The lowest BCUT2D eigenvalue weighted by Crippen LogP contribution is -2.60. The molecule has 0 bridgehead atoms. The van der Waals surface area contributed by atoms with Gasteiger partial charge in [-0.25, -0.2) is 0 Å². The number of aliphatic hydroxyl groups is 12. The Morgan fingerprint density at radius 2 is 0.341 bits per heavy atom. The molecular formula is C64H128O24. The van der Waals surface area contributed by atoms with Gasteiger partial charge in [-0.1, -0.05) is 166 Å².